The minimum atomic E-state index is -3.95. The Morgan fingerprint density at radius 2 is 1.94 bits per heavy atom. The van der Waals surface area contributed by atoms with Crippen molar-refractivity contribution < 1.29 is 35.3 Å². The summed E-state index contributed by atoms with van der Waals surface area (Å²) >= 11 is 3.22. The molecule has 2 aromatic carbocycles. The maximum Gasteiger partial charge on any atom is 0.323 e. The number of likely N-dealkylation sites (tertiary alicyclic amines) is 1. The Morgan fingerprint density at radius 1 is 1.27 bits per heavy atom. The number of hydrogen-bond donors (Lipinski definition) is 2. The van der Waals surface area contributed by atoms with Crippen LogP contribution in [0.5, 0.6) is 0 Å². The summed E-state index contributed by atoms with van der Waals surface area (Å²) < 4.78 is 87.5. The van der Waals surface area contributed by atoms with Crippen LogP contribution >= 0.6 is 15.9 Å². The SMILES string of the molecule is CS(=O)(=O)N[C@@H]1CN(C(=O)Nc2noc3cc(Br)cc(-c4c(F)cccc4F)c23)CC1(F)F. The summed E-state index contributed by atoms with van der Waals surface area (Å²) in [7, 11) is -3.95. The monoisotopic (exact) mass is 550 g/mol. The molecule has 1 aliphatic rings. The van der Waals surface area contributed by atoms with Crippen molar-refractivity contribution in [1.82, 2.24) is 14.8 Å². The first-order valence-corrected chi connectivity index (χ1v) is 12.0. The van der Waals surface area contributed by atoms with Crippen molar-refractivity contribution in [3.8, 4) is 11.1 Å². The number of aromatic nitrogens is 1. The van der Waals surface area contributed by atoms with Gasteiger partial charge in [0.2, 0.25) is 10.0 Å². The van der Waals surface area contributed by atoms with Crippen molar-refractivity contribution in [3.05, 3.63) is 46.4 Å². The van der Waals surface area contributed by atoms with Crippen LogP contribution in [0.25, 0.3) is 22.1 Å². The average Bonchev–Trinajstić information content (AvgIpc) is 3.20. The van der Waals surface area contributed by atoms with E-state index in [1.165, 1.54) is 18.2 Å². The van der Waals surface area contributed by atoms with Gasteiger partial charge < -0.3 is 9.42 Å². The second kappa shape index (κ2) is 8.25. The fraction of sp³-hybridized carbons (Fsp3) is 0.263. The Hall–Kier alpha value is -2.71. The summed E-state index contributed by atoms with van der Waals surface area (Å²) in [6.45, 7) is -1.66. The number of benzene rings is 2. The Labute approximate surface area is 193 Å². The zero-order chi connectivity index (χ0) is 24.1. The minimum Gasteiger partial charge on any atom is -0.354 e. The molecule has 14 heteroatoms. The molecule has 0 unspecified atom stereocenters. The highest BCUT2D eigenvalue weighted by molar-refractivity contribution is 9.10. The van der Waals surface area contributed by atoms with Crippen LogP contribution in [0.4, 0.5) is 28.2 Å². The van der Waals surface area contributed by atoms with Crippen LogP contribution in [-0.2, 0) is 10.0 Å². The van der Waals surface area contributed by atoms with Gasteiger partial charge in [0.25, 0.3) is 5.92 Å². The molecule has 0 spiro atoms. The van der Waals surface area contributed by atoms with E-state index in [0.717, 1.165) is 18.4 Å². The normalized spacial score (nSPS) is 18.1. The molecule has 1 atom stereocenters. The first-order chi connectivity index (χ1) is 15.4. The zero-order valence-electron chi connectivity index (χ0n) is 16.7. The van der Waals surface area contributed by atoms with E-state index in [4.69, 9.17) is 4.52 Å². The van der Waals surface area contributed by atoms with E-state index in [0.29, 0.717) is 9.37 Å². The maximum atomic E-state index is 14.5. The summed E-state index contributed by atoms with van der Waals surface area (Å²) in [6, 6.07) is 3.31. The maximum absolute atomic E-state index is 14.5. The van der Waals surface area contributed by atoms with Gasteiger partial charge in [-0.25, -0.2) is 35.5 Å². The molecule has 0 radical (unpaired) electrons. The first kappa shape index (κ1) is 23.4. The third-order valence-corrected chi connectivity index (χ3v) is 6.12. The second-order valence-corrected chi connectivity index (χ2v) is 10.2. The number of anilines is 1. The van der Waals surface area contributed by atoms with Gasteiger partial charge in [0, 0.05) is 16.6 Å². The van der Waals surface area contributed by atoms with Crippen molar-refractivity contribution in [3.63, 3.8) is 0 Å². The highest BCUT2D eigenvalue weighted by Crippen LogP contribution is 2.39. The summed E-state index contributed by atoms with van der Waals surface area (Å²) in [5.41, 5.74) is -0.316. The van der Waals surface area contributed by atoms with Gasteiger partial charge in [0.05, 0.1) is 23.8 Å². The third-order valence-electron chi connectivity index (χ3n) is 4.95. The van der Waals surface area contributed by atoms with Crippen molar-refractivity contribution in [2.75, 3.05) is 24.7 Å². The highest BCUT2D eigenvalue weighted by Gasteiger charge is 2.50. The van der Waals surface area contributed by atoms with Gasteiger partial charge in [0.15, 0.2) is 11.4 Å². The smallest absolute Gasteiger partial charge is 0.323 e. The molecule has 0 aliphatic carbocycles. The zero-order valence-corrected chi connectivity index (χ0v) is 19.1. The van der Waals surface area contributed by atoms with E-state index in [-0.39, 0.29) is 22.4 Å². The molecule has 1 aromatic heterocycles. The standard InChI is InChI=1S/C19H15BrF4N4O4S/c1-33(30,31)27-14-7-28(8-19(14,23)24)18(29)25-17-16-10(5-9(20)6-13(16)32-26-17)15-11(21)3-2-4-12(15)22/h2-6,14,27H,7-8H2,1H3,(H,25,26,29)/t14-/m1/s1. The lowest BCUT2D eigenvalue weighted by atomic mass is 10.0. The minimum absolute atomic E-state index is 0.00916. The molecular formula is C19H15BrF4N4O4S. The number of hydrogen-bond acceptors (Lipinski definition) is 5. The number of nitrogens with zero attached hydrogens (tertiary/aromatic N) is 2. The molecule has 8 nitrogen and oxygen atoms in total. The Kier molecular flexibility index (Phi) is 5.87. The lowest BCUT2D eigenvalue weighted by Gasteiger charge is -2.16. The van der Waals surface area contributed by atoms with E-state index in [2.05, 4.69) is 26.4 Å². The quantitative estimate of drug-likeness (QED) is 0.479. The summed E-state index contributed by atoms with van der Waals surface area (Å²) in [5.74, 6) is -5.51. The fourth-order valence-corrected chi connectivity index (χ4v) is 4.78. The van der Waals surface area contributed by atoms with Crippen molar-refractivity contribution in [2.45, 2.75) is 12.0 Å². The number of alkyl halides is 2. The number of sulfonamides is 1. The molecule has 2 amide bonds. The van der Waals surface area contributed by atoms with E-state index >= 15 is 0 Å². The summed E-state index contributed by atoms with van der Waals surface area (Å²) in [4.78, 5) is 13.4. The summed E-state index contributed by atoms with van der Waals surface area (Å²) in [5, 5.41) is 6.07. The molecular weight excluding hydrogens is 536 g/mol. The fourth-order valence-electron chi connectivity index (χ4n) is 3.58. The van der Waals surface area contributed by atoms with Gasteiger partial charge >= 0.3 is 6.03 Å². The summed E-state index contributed by atoms with van der Waals surface area (Å²) in [6.07, 6.45) is 0.731. The van der Waals surface area contributed by atoms with E-state index in [1.807, 2.05) is 4.72 Å². The van der Waals surface area contributed by atoms with Gasteiger partial charge in [0.1, 0.15) is 17.7 Å². The highest BCUT2D eigenvalue weighted by atomic mass is 79.9. The predicted octanol–water partition coefficient (Wildman–Crippen LogP) is 3.94. The molecule has 2 N–H and O–H groups in total. The van der Waals surface area contributed by atoms with Gasteiger partial charge in [-0.2, -0.15) is 0 Å². The van der Waals surface area contributed by atoms with Crippen molar-refractivity contribution >= 4 is 48.8 Å². The number of halogens is 5. The van der Waals surface area contributed by atoms with Gasteiger partial charge in [-0.05, 0) is 24.3 Å². The van der Waals surface area contributed by atoms with E-state index in [9.17, 15) is 30.8 Å². The molecule has 1 aliphatic heterocycles. The van der Waals surface area contributed by atoms with Crippen LogP contribution in [0, 0.1) is 11.6 Å². The molecule has 176 valence electrons. The first-order valence-electron chi connectivity index (χ1n) is 9.30. The molecule has 0 saturated carbocycles. The third kappa shape index (κ3) is 4.68. The van der Waals surface area contributed by atoms with Crippen molar-refractivity contribution in [1.29, 1.82) is 0 Å². The molecule has 1 fully saturated rings. The molecule has 33 heavy (non-hydrogen) atoms. The number of carbonyl (C=O) groups excluding carboxylic acids is 1. The van der Waals surface area contributed by atoms with Crippen LogP contribution in [0.2, 0.25) is 0 Å². The molecule has 4 rings (SSSR count). The van der Waals surface area contributed by atoms with Gasteiger partial charge in [-0.15, -0.1) is 0 Å². The Bertz CT molecular complexity index is 1350. The van der Waals surface area contributed by atoms with Gasteiger partial charge in [-0.1, -0.05) is 27.2 Å². The topological polar surface area (TPSA) is 105 Å². The van der Waals surface area contributed by atoms with Crippen LogP contribution < -0.4 is 10.0 Å². The van der Waals surface area contributed by atoms with Crippen LogP contribution in [0.3, 0.4) is 0 Å². The Morgan fingerprint density at radius 3 is 2.58 bits per heavy atom. The predicted molar refractivity (Wildman–Crippen MR) is 114 cm³/mol. The number of carbonyl (C=O) groups is 1. The molecule has 0 bridgehead atoms. The average molecular weight is 551 g/mol. The largest absolute Gasteiger partial charge is 0.354 e. The number of nitrogens with one attached hydrogen (secondary N) is 2. The lowest BCUT2D eigenvalue weighted by Crippen LogP contribution is -2.46. The number of fused-ring (bicyclic) bond motifs is 1. The van der Waals surface area contributed by atoms with Crippen LogP contribution in [0.1, 0.15) is 0 Å². The van der Waals surface area contributed by atoms with Crippen molar-refractivity contribution in [2.24, 2.45) is 0 Å². The second-order valence-electron chi connectivity index (χ2n) is 7.47. The molecule has 1 saturated heterocycles. The van der Waals surface area contributed by atoms with E-state index in [1.54, 1.807) is 0 Å². The van der Waals surface area contributed by atoms with Crippen LogP contribution in [-0.4, -0.2) is 55.8 Å². The number of amides is 2. The molecule has 2 heterocycles. The number of urea groups is 1. The lowest BCUT2D eigenvalue weighted by molar-refractivity contribution is -0.00224. The van der Waals surface area contributed by atoms with Gasteiger partial charge in [-0.3, -0.25) is 5.32 Å². The van der Waals surface area contributed by atoms with E-state index < -0.39 is 58.3 Å². The molecule has 3 aromatic rings. The number of rotatable bonds is 4. The Balaban J connectivity index is 1.69. The van der Waals surface area contributed by atoms with Crippen LogP contribution in [0.15, 0.2) is 39.3 Å².